The first-order valence-corrected chi connectivity index (χ1v) is 29.1. The molecule has 0 spiro atoms. The Kier molecular flexibility index (Phi) is 18.8. The number of carbonyl (C=O) groups excluding carboxylic acids is 3. The zero-order valence-electron chi connectivity index (χ0n) is 42.8. The molecular weight excluding hydrogens is 907 g/mol. The molecule has 1 aromatic heterocycles. The molecule has 3 aromatic rings. The number of aliphatic hydroxyl groups excluding tert-OH is 1. The number of hydrogen-bond donors (Lipinski definition) is 4. The zero-order valence-corrected chi connectivity index (χ0v) is 44.8. The fourth-order valence-electron chi connectivity index (χ4n) is 6.86. The molecule has 1 aliphatic heterocycles. The van der Waals surface area contributed by atoms with Crippen molar-refractivity contribution in [1.29, 1.82) is 0 Å². The van der Waals surface area contributed by atoms with Crippen LogP contribution in [0.2, 0.25) is 36.3 Å². The maximum Gasteiger partial charge on any atom is 0.408 e. The van der Waals surface area contributed by atoms with Crippen LogP contribution in [-0.4, -0.2) is 111 Å². The molecule has 1 saturated heterocycles. The summed E-state index contributed by atoms with van der Waals surface area (Å²) in [5.41, 5.74) is -0.636. The van der Waals surface area contributed by atoms with Gasteiger partial charge in [0.15, 0.2) is 22.9 Å². The molecule has 17 nitrogen and oxygen atoms in total. The van der Waals surface area contributed by atoms with Crippen LogP contribution < -0.4 is 31.9 Å². The third kappa shape index (κ3) is 14.9. The summed E-state index contributed by atoms with van der Waals surface area (Å²) in [6.07, 6.45) is -5.17. The Morgan fingerprint density at radius 1 is 0.809 bits per heavy atom. The van der Waals surface area contributed by atoms with Crippen molar-refractivity contribution in [1.82, 2.24) is 25.1 Å². The monoisotopic (exact) mass is 984 g/mol. The molecular formula is C49H77N5O12Si2. The average molecular weight is 984 g/mol. The Morgan fingerprint density at radius 3 is 1.96 bits per heavy atom. The predicted octanol–water partition coefficient (Wildman–Crippen LogP) is 6.23. The fourth-order valence-corrected chi connectivity index (χ4v) is 9.44. The van der Waals surface area contributed by atoms with Crippen LogP contribution in [0.1, 0.15) is 93.0 Å². The van der Waals surface area contributed by atoms with E-state index in [9.17, 15) is 29.1 Å². The van der Waals surface area contributed by atoms with E-state index < -0.39 is 94.2 Å². The first-order valence-electron chi connectivity index (χ1n) is 23.3. The van der Waals surface area contributed by atoms with Gasteiger partial charge in [-0.25, -0.2) is 9.59 Å². The summed E-state index contributed by atoms with van der Waals surface area (Å²) >= 11 is 0. The van der Waals surface area contributed by atoms with E-state index >= 15 is 0 Å². The third-order valence-electron chi connectivity index (χ3n) is 12.9. The van der Waals surface area contributed by atoms with Crippen molar-refractivity contribution in [3.8, 4) is 5.75 Å². The van der Waals surface area contributed by atoms with Crippen molar-refractivity contribution in [3.63, 3.8) is 0 Å². The largest absolute Gasteiger partial charge is 0.497 e. The van der Waals surface area contributed by atoms with Crippen LogP contribution in [-0.2, 0) is 45.8 Å². The smallest absolute Gasteiger partial charge is 0.408 e. The first-order chi connectivity index (χ1) is 31.5. The van der Waals surface area contributed by atoms with E-state index in [0.29, 0.717) is 17.7 Å². The zero-order chi connectivity index (χ0) is 51.0. The molecule has 2 amide bonds. The summed E-state index contributed by atoms with van der Waals surface area (Å²) in [6.45, 7) is 27.8. The minimum Gasteiger partial charge on any atom is -0.497 e. The van der Waals surface area contributed by atoms with Gasteiger partial charge in [0.1, 0.15) is 54.5 Å². The second kappa shape index (κ2) is 22.9. The Balaban J connectivity index is 1.68. The lowest BCUT2D eigenvalue weighted by atomic mass is 9.99. The van der Waals surface area contributed by atoms with E-state index in [1.54, 1.807) is 52.1 Å². The lowest BCUT2D eigenvalue weighted by molar-refractivity contribution is -0.166. The van der Waals surface area contributed by atoms with E-state index in [0.717, 1.165) is 10.1 Å². The highest BCUT2D eigenvalue weighted by atomic mass is 28.4. The van der Waals surface area contributed by atoms with Crippen LogP contribution >= 0.6 is 0 Å². The summed E-state index contributed by atoms with van der Waals surface area (Å²) in [5, 5.41) is 20.5. The third-order valence-corrected chi connectivity index (χ3v) is 21.8. The maximum atomic E-state index is 14.6. The number of ether oxygens (including phenoxy) is 4. The molecule has 1 aliphatic rings. The maximum absolute atomic E-state index is 14.6. The second-order valence-electron chi connectivity index (χ2n) is 21.5. The van der Waals surface area contributed by atoms with E-state index in [1.807, 2.05) is 30.3 Å². The number of nitrogens with zero attached hydrogens (tertiary/aromatic N) is 2. The average Bonchev–Trinajstić information content (AvgIpc) is 3.57. The first kappa shape index (κ1) is 56.0. The molecule has 7 atom stereocenters. The molecule has 4 N–H and O–H groups in total. The van der Waals surface area contributed by atoms with Crippen LogP contribution in [0.3, 0.4) is 0 Å². The molecule has 0 saturated carbocycles. The summed E-state index contributed by atoms with van der Waals surface area (Å²) in [5.74, 6) is -0.580. The Morgan fingerprint density at radius 2 is 1.40 bits per heavy atom. The van der Waals surface area contributed by atoms with Gasteiger partial charge in [-0.15, -0.1) is 0 Å². The molecule has 0 radical (unpaired) electrons. The van der Waals surface area contributed by atoms with Crippen molar-refractivity contribution in [2.75, 3.05) is 20.2 Å². The summed E-state index contributed by atoms with van der Waals surface area (Å²) in [7, 11) is -3.93. The fraction of sp³-hybridized carbons (Fsp3) is 0.612. The van der Waals surface area contributed by atoms with Gasteiger partial charge in [-0.05, 0) is 100 Å². The van der Waals surface area contributed by atoms with E-state index in [-0.39, 0.29) is 36.3 Å². The van der Waals surface area contributed by atoms with Gasteiger partial charge in [0.2, 0.25) is 5.91 Å². The Hall–Kier alpha value is -4.64. The summed E-state index contributed by atoms with van der Waals surface area (Å²) in [4.78, 5) is 67.5. The minimum atomic E-state index is -2.75. The van der Waals surface area contributed by atoms with Crippen LogP contribution in [0.4, 0.5) is 4.79 Å². The lowest BCUT2D eigenvalue weighted by Crippen LogP contribution is -2.59. The molecule has 1 fully saturated rings. The van der Waals surface area contributed by atoms with E-state index in [2.05, 4.69) is 83.7 Å². The van der Waals surface area contributed by atoms with Crippen LogP contribution in [0.25, 0.3) is 0 Å². The normalized spacial score (nSPS) is 19.4. The number of hydrogen-bond acceptors (Lipinski definition) is 13. The number of methoxy groups -OCH3 is 1. The van der Waals surface area contributed by atoms with Gasteiger partial charge < -0.3 is 48.9 Å². The van der Waals surface area contributed by atoms with Gasteiger partial charge >= 0.3 is 17.8 Å². The van der Waals surface area contributed by atoms with Crippen molar-refractivity contribution in [2.24, 2.45) is 0 Å². The highest BCUT2D eigenvalue weighted by Crippen LogP contribution is 2.46. The predicted molar refractivity (Wildman–Crippen MR) is 266 cm³/mol. The summed E-state index contributed by atoms with van der Waals surface area (Å²) in [6, 6.07) is 15.2. The number of aliphatic hydroxyl groups is 1. The van der Waals surface area contributed by atoms with Crippen LogP contribution in [0.5, 0.6) is 5.75 Å². The number of nitrogens with one attached hydrogen (secondary N) is 3. The van der Waals surface area contributed by atoms with E-state index in [1.165, 1.54) is 23.8 Å². The quantitative estimate of drug-likeness (QED) is 0.0564. The Bertz CT molecular complexity index is 2270. The van der Waals surface area contributed by atoms with Crippen molar-refractivity contribution >= 4 is 34.6 Å². The second-order valence-corrected chi connectivity index (χ2v) is 31.0. The summed E-state index contributed by atoms with van der Waals surface area (Å²) < 4.78 is 40.1. The standard InChI is InChI=1S/C49H77N5O12Si2/c1-32(52-45(59)62-31-34-20-17-16-18-21-34)42(57)51-28-19-27-50-37(44(58)64-47(2,3)4)38(56)39-40(65-67(12,13)48(5,6)7)41(66-68(14,15)49(8,9)10)43(63-39)53-29-26-36(55)54(46(53)60)30-33-22-24-35(61-11)25-23-33/h16-18,20-26,29,32,37-41,43,50,56H,19,27-28,30-31H2,1-15H3,(H,51,57)(H,52,59)/t32-,37+,38-,39?,40-,41-,43-/m1/s1. The van der Waals surface area contributed by atoms with Gasteiger partial charge in [0.25, 0.3) is 5.56 Å². The molecule has 2 heterocycles. The molecule has 2 aromatic carbocycles. The van der Waals surface area contributed by atoms with Crippen LogP contribution in [0.15, 0.2) is 76.4 Å². The molecule has 19 heteroatoms. The van der Waals surface area contributed by atoms with Crippen molar-refractivity contribution < 1.29 is 47.3 Å². The van der Waals surface area contributed by atoms with Gasteiger partial charge in [0.05, 0.1) is 13.7 Å². The number of aromatic nitrogens is 2. The number of amides is 2. The lowest BCUT2D eigenvalue weighted by Gasteiger charge is -2.44. The van der Waals surface area contributed by atoms with Gasteiger partial charge in [-0.2, -0.15) is 0 Å². The van der Waals surface area contributed by atoms with Crippen molar-refractivity contribution in [3.05, 3.63) is 98.8 Å². The highest BCUT2D eigenvalue weighted by Gasteiger charge is 2.57. The van der Waals surface area contributed by atoms with Crippen molar-refractivity contribution in [2.45, 2.75) is 173 Å². The minimum absolute atomic E-state index is 0.0409. The molecule has 68 heavy (non-hydrogen) atoms. The molecule has 0 bridgehead atoms. The van der Waals surface area contributed by atoms with E-state index in [4.69, 9.17) is 27.8 Å². The topological polar surface area (TPSA) is 207 Å². The number of carbonyl (C=O) groups is 3. The number of alkyl carbamates (subject to hydrolysis) is 1. The number of rotatable bonds is 20. The number of esters is 1. The molecule has 378 valence electrons. The van der Waals surface area contributed by atoms with Crippen LogP contribution in [0, 0.1) is 0 Å². The molecule has 4 rings (SSSR count). The number of benzene rings is 2. The molecule has 0 aliphatic carbocycles. The highest BCUT2D eigenvalue weighted by molar-refractivity contribution is 6.74. The molecule has 1 unspecified atom stereocenters. The van der Waals surface area contributed by atoms with Gasteiger partial charge in [-0.3, -0.25) is 23.5 Å². The van der Waals surface area contributed by atoms with Gasteiger partial charge in [-0.1, -0.05) is 84.0 Å². The SMILES string of the molecule is COc1ccc(Cn2c(=O)ccn([C@@H]3OC([C@H](O)[C@H](NCCCNC(=O)[C@@H](C)NC(=O)OCc4ccccc4)C(=O)OC(C)(C)C)[C@@H](O[Si](C)(C)C(C)(C)C)[C@H]3O[Si](C)(C)C(C)(C)C)c2=O)cc1. The Labute approximate surface area is 403 Å². The van der Waals surface area contributed by atoms with Gasteiger partial charge in [0, 0.05) is 18.8 Å².